The lowest BCUT2D eigenvalue weighted by Gasteiger charge is -2.15. The highest BCUT2D eigenvalue weighted by atomic mass is 19.4. The van der Waals surface area contributed by atoms with Crippen LogP contribution in [0.15, 0.2) is 61.5 Å². The second kappa shape index (κ2) is 10.7. The number of hydrogen-bond acceptors (Lipinski definition) is 8. The minimum Gasteiger partial charge on any atom is -0.377 e. The Labute approximate surface area is 233 Å². The molecule has 0 saturated heterocycles. The van der Waals surface area contributed by atoms with Gasteiger partial charge >= 0.3 is 6.18 Å². The number of nitrogens with zero attached hydrogens (tertiary/aromatic N) is 8. The smallest absolute Gasteiger partial charge is 0.377 e. The second-order valence-corrected chi connectivity index (χ2v) is 9.82. The topological polar surface area (TPSA) is 108 Å². The van der Waals surface area contributed by atoms with Crippen LogP contribution in [0.2, 0.25) is 0 Å². The Balaban J connectivity index is 1.27. The van der Waals surface area contributed by atoms with E-state index in [2.05, 4.69) is 30.4 Å². The number of aromatic nitrogens is 8. The van der Waals surface area contributed by atoms with E-state index in [0.717, 1.165) is 29.4 Å². The SMILES string of the molecule is CC(C)n1cc(C(F)(F)F)nc1-c1ccc(CNc2nc(-c3cncnc3C3=CCOCC3)nn3ccnc23)cc1. The van der Waals surface area contributed by atoms with E-state index in [-0.39, 0.29) is 11.9 Å². The van der Waals surface area contributed by atoms with Crippen molar-refractivity contribution in [3.05, 3.63) is 78.4 Å². The van der Waals surface area contributed by atoms with Gasteiger partial charge in [0.1, 0.15) is 12.2 Å². The first-order chi connectivity index (χ1) is 19.8. The summed E-state index contributed by atoms with van der Waals surface area (Å²) in [4.78, 5) is 21.8. The minimum atomic E-state index is -4.51. The van der Waals surface area contributed by atoms with Crippen LogP contribution in [0.5, 0.6) is 0 Å². The van der Waals surface area contributed by atoms with Crippen molar-refractivity contribution in [1.82, 2.24) is 39.1 Å². The van der Waals surface area contributed by atoms with Crippen LogP contribution in [-0.2, 0) is 17.5 Å². The van der Waals surface area contributed by atoms with Crippen molar-refractivity contribution in [3.63, 3.8) is 0 Å². The normalized spacial score (nSPS) is 14.0. The first kappa shape index (κ1) is 26.6. The first-order valence-electron chi connectivity index (χ1n) is 13.1. The molecule has 1 aliphatic heterocycles. The summed E-state index contributed by atoms with van der Waals surface area (Å²) in [6.45, 7) is 5.17. The van der Waals surface area contributed by atoms with Gasteiger partial charge in [-0.3, -0.25) is 0 Å². The molecule has 0 aliphatic carbocycles. The Kier molecular flexibility index (Phi) is 6.95. The number of rotatable bonds is 7. The second-order valence-electron chi connectivity index (χ2n) is 9.82. The summed E-state index contributed by atoms with van der Waals surface area (Å²) < 4.78 is 48.6. The van der Waals surface area contributed by atoms with Crippen molar-refractivity contribution in [2.45, 2.75) is 39.0 Å². The molecule has 1 aromatic carbocycles. The number of fused-ring (bicyclic) bond motifs is 1. The monoisotopic (exact) mass is 561 g/mol. The molecule has 0 radical (unpaired) electrons. The van der Waals surface area contributed by atoms with E-state index in [1.165, 1.54) is 10.9 Å². The number of hydrogen-bond donors (Lipinski definition) is 1. The van der Waals surface area contributed by atoms with Gasteiger partial charge in [-0.1, -0.05) is 30.3 Å². The molecule has 0 atom stereocenters. The molecule has 5 aromatic rings. The average Bonchev–Trinajstić information content (AvgIpc) is 3.65. The summed E-state index contributed by atoms with van der Waals surface area (Å²) >= 11 is 0. The fourth-order valence-corrected chi connectivity index (χ4v) is 4.65. The highest BCUT2D eigenvalue weighted by Gasteiger charge is 2.35. The fraction of sp³-hybridized carbons (Fsp3) is 0.286. The molecular weight excluding hydrogens is 535 g/mol. The standard InChI is InChI=1S/C28H26F3N9O/c1-17(2)39-15-22(28(29,30)31)36-26(39)20-5-3-18(4-6-20)13-34-25-27-33-9-10-40(27)38-24(37-25)21-14-32-16-35-23(21)19-7-11-41-12-8-19/h3-7,9-10,14-17H,8,11-13H2,1-2H3,(H,34,37,38). The summed E-state index contributed by atoms with van der Waals surface area (Å²) in [6, 6.07) is 7.05. The lowest BCUT2D eigenvalue weighted by molar-refractivity contribution is -0.140. The van der Waals surface area contributed by atoms with Gasteiger partial charge in [-0.15, -0.1) is 5.10 Å². The number of anilines is 1. The Morgan fingerprint density at radius 1 is 1.10 bits per heavy atom. The number of benzene rings is 1. The molecule has 5 heterocycles. The van der Waals surface area contributed by atoms with Gasteiger partial charge in [0.15, 0.2) is 23.0 Å². The van der Waals surface area contributed by atoms with Crippen LogP contribution in [0.3, 0.4) is 0 Å². The minimum absolute atomic E-state index is 0.183. The van der Waals surface area contributed by atoms with Crippen molar-refractivity contribution in [2.75, 3.05) is 18.5 Å². The van der Waals surface area contributed by atoms with Crippen LogP contribution in [-0.4, -0.2) is 52.3 Å². The van der Waals surface area contributed by atoms with E-state index < -0.39 is 11.9 Å². The molecule has 13 heteroatoms. The molecule has 0 saturated carbocycles. The van der Waals surface area contributed by atoms with Crippen LogP contribution in [0.1, 0.15) is 43.3 Å². The highest BCUT2D eigenvalue weighted by molar-refractivity contribution is 5.77. The number of ether oxygens (including phenoxy) is 1. The Bertz CT molecular complexity index is 1720. The van der Waals surface area contributed by atoms with Crippen LogP contribution in [0.25, 0.3) is 34.0 Å². The van der Waals surface area contributed by atoms with Gasteiger partial charge in [0, 0.05) is 42.9 Å². The third kappa shape index (κ3) is 5.40. The van der Waals surface area contributed by atoms with Crippen LogP contribution >= 0.6 is 0 Å². The van der Waals surface area contributed by atoms with Crippen molar-refractivity contribution in [1.29, 1.82) is 0 Å². The average molecular weight is 562 g/mol. The summed E-state index contributed by atoms with van der Waals surface area (Å²) in [5.74, 6) is 1.23. The summed E-state index contributed by atoms with van der Waals surface area (Å²) in [5, 5.41) is 7.97. The lowest BCUT2D eigenvalue weighted by atomic mass is 10.0. The van der Waals surface area contributed by atoms with Gasteiger partial charge in [0.05, 0.1) is 24.5 Å². The molecule has 10 nitrogen and oxygen atoms in total. The zero-order chi connectivity index (χ0) is 28.6. The molecule has 1 aliphatic rings. The van der Waals surface area contributed by atoms with E-state index in [1.807, 2.05) is 32.1 Å². The molecule has 0 spiro atoms. The Morgan fingerprint density at radius 2 is 1.93 bits per heavy atom. The van der Waals surface area contributed by atoms with E-state index in [1.54, 1.807) is 35.2 Å². The van der Waals surface area contributed by atoms with Gasteiger partial charge in [-0.05, 0) is 31.4 Å². The quantitative estimate of drug-likeness (QED) is 0.279. The molecule has 1 N–H and O–H groups in total. The number of nitrogens with one attached hydrogen (secondary N) is 1. The van der Waals surface area contributed by atoms with E-state index in [0.29, 0.717) is 48.2 Å². The largest absolute Gasteiger partial charge is 0.434 e. The predicted molar refractivity (Wildman–Crippen MR) is 146 cm³/mol. The van der Waals surface area contributed by atoms with Gasteiger partial charge in [0.2, 0.25) is 0 Å². The third-order valence-electron chi connectivity index (χ3n) is 6.73. The first-order valence-corrected chi connectivity index (χ1v) is 13.1. The van der Waals surface area contributed by atoms with Crippen LogP contribution in [0, 0.1) is 0 Å². The van der Waals surface area contributed by atoms with Gasteiger partial charge in [-0.2, -0.15) is 13.2 Å². The molecule has 0 amide bonds. The maximum atomic E-state index is 13.3. The van der Waals surface area contributed by atoms with Crippen molar-refractivity contribution < 1.29 is 17.9 Å². The van der Waals surface area contributed by atoms with E-state index >= 15 is 0 Å². The molecule has 0 bridgehead atoms. The predicted octanol–water partition coefficient (Wildman–Crippen LogP) is 5.46. The van der Waals surface area contributed by atoms with E-state index in [4.69, 9.17) is 9.72 Å². The van der Waals surface area contributed by atoms with Crippen LogP contribution < -0.4 is 5.32 Å². The molecule has 6 rings (SSSR count). The van der Waals surface area contributed by atoms with Crippen molar-refractivity contribution in [3.8, 4) is 22.8 Å². The summed E-state index contributed by atoms with van der Waals surface area (Å²) in [5.41, 5.74) is 3.65. The fourth-order valence-electron chi connectivity index (χ4n) is 4.65. The van der Waals surface area contributed by atoms with E-state index in [9.17, 15) is 13.2 Å². The maximum absolute atomic E-state index is 13.3. The van der Waals surface area contributed by atoms with Crippen molar-refractivity contribution >= 4 is 17.0 Å². The molecule has 0 unspecified atom stereocenters. The molecule has 4 aromatic heterocycles. The number of imidazole rings is 2. The summed E-state index contributed by atoms with van der Waals surface area (Å²) in [6.07, 6.45) is 5.86. The Morgan fingerprint density at radius 3 is 2.66 bits per heavy atom. The third-order valence-corrected chi connectivity index (χ3v) is 6.73. The van der Waals surface area contributed by atoms with Crippen LogP contribution in [0.4, 0.5) is 19.0 Å². The molecule has 41 heavy (non-hydrogen) atoms. The Hall–Kier alpha value is -4.65. The van der Waals surface area contributed by atoms with Crippen molar-refractivity contribution in [2.24, 2.45) is 0 Å². The number of alkyl halides is 3. The molecule has 0 fully saturated rings. The zero-order valence-electron chi connectivity index (χ0n) is 22.3. The van der Waals surface area contributed by atoms with Gasteiger partial charge in [-0.25, -0.2) is 29.4 Å². The molecule has 210 valence electrons. The number of halogens is 3. The zero-order valence-corrected chi connectivity index (χ0v) is 22.3. The highest BCUT2D eigenvalue weighted by Crippen LogP contribution is 2.33. The summed E-state index contributed by atoms with van der Waals surface area (Å²) in [7, 11) is 0. The maximum Gasteiger partial charge on any atom is 0.434 e. The molecular formula is C28H26F3N9O. The van der Waals surface area contributed by atoms with Gasteiger partial charge in [0.25, 0.3) is 0 Å². The lowest BCUT2D eigenvalue weighted by Crippen LogP contribution is -2.10. The van der Waals surface area contributed by atoms with Gasteiger partial charge < -0.3 is 14.6 Å².